The van der Waals surface area contributed by atoms with Crippen LogP contribution in [0.3, 0.4) is 0 Å². The van der Waals surface area contributed by atoms with Crippen molar-refractivity contribution in [1.82, 2.24) is 0 Å². The van der Waals surface area contributed by atoms with Gasteiger partial charge in [-0.3, -0.25) is 9.59 Å². The Bertz CT molecular complexity index is 793. The van der Waals surface area contributed by atoms with Crippen molar-refractivity contribution < 1.29 is 19.5 Å². The lowest BCUT2D eigenvalue weighted by Gasteiger charge is -2.04. The molecule has 0 bridgehead atoms. The summed E-state index contributed by atoms with van der Waals surface area (Å²) in [5, 5.41) is 7.48. The summed E-state index contributed by atoms with van der Waals surface area (Å²) in [6.07, 6.45) is 3.45. The summed E-state index contributed by atoms with van der Waals surface area (Å²) in [4.78, 5) is 35.8. The van der Waals surface area contributed by atoms with Gasteiger partial charge in [-0.2, -0.15) is 0 Å². The molecular formula is C21H18O4S3. The highest BCUT2D eigenvalue weighted by molar-refractivity contribution is 8.14. The maximum atomic E-state index is 11.3. The normalized spacial score (nSPS) is 9.43. The van der Waals surface area contributed by atoms with Gasteiger partial charge >= 0.3 is 5.97 Å². The number of benzene rings is 2. The van der Waals surface area contributed by atoms with Crippen molar-refractivity contribution in [3.05, 3.63) is 86.5 Å². The highest BCUT2D eigenvalue weighted by Crippen LogP contribution is 2.31. The van der Waals surface area contributed by atoms with Gasteiger partial charge in [-0.25, -0.2) is 4.79 Å². The SMILES string of the molecule is C=CC(=O)O.C=CC(=O)Sc1ccc(Sc2ccc(SC(=O)C=C)cc2)cc1. The predicted molar refractivity (Wildman–Crippen MR) is 117 cm³/mol. The van der Waals surface area contributed by atoms with Gasteiger partial charge in [-0.15, -0.1) is 0 Å². The topological polar surface area (TPSA) is 71.4 Å². The molecule has 0 fully saturated rings. The lowest BCUT2D eigenvalue weighted by molar-refractivity contribution is -0.131. The van der Waals surface area contributed by atoms with Gasteiger partial charge in [-0.05, 0) is 84.2 Å². The van der Waals surface area contributed by atoms with Crippen LogP contribution in [0.2, 0.25) is 0 Å². The molecule has 1 N–H and O–H groups in total. The van der Waals surface area contributed by atoms with Crippen LogP contribution in [0.15, 0.2) is 106 Å². The highest BCUT2D eigenvalue weighted by atomic mass is 32.2. The molecule has 0 saturated heterocycles. The summed E-state index contributed by atoms with van der Waals surface area (Å²) in [7, 11) is 0. The highest BCUT2D eigenvalue weighted by Gasteiger charge is 2.03. The minimum absolute atomic E-state index is 0.0624. The molecule has 2 aromatic rings. The van der Waals surface area contributed by atoms with E-state index >= 15 is 0 Å². The zero-order chi connectivity index (χ0) is 20.9. The Morgan fingerprint density at radius 1 is 0.643 bits per heavy atom. The largest absolute Gasteiger partial charge is 0.478 e. The van der Waals surface area contributed by atoms with Gasteiger partial charge in [0.2, 0.25) is 10.2 Å². The Balaban J connectivity index is 0.000000696. The van der Waals surface area contributed by atoms with Crippen LogP contribution < -0.4 is 0 Å². The van der Waals surface area contributed by atoms with Crippen molar-refractivity contribution in [1.29, 1.82) is 0 Å². The van der Waals surface area contributed by atoms with Crippen molar-refractivity contribution in [3.63, 3.8) is 0 Å². The predicted octanol–water partition coefficient (Wildman–Crippen LogP) is 5.70. The third-order valence-electron chi connectivity index (χ3n) is 2.83. The van der Waals surface area contributed by atoms with Gasteiger partial charge in [0.1, 0.15) is 0 Å². The third kappa shape index (κ3) is 9.45. The van der Waals surface area contributed by atoms with E-state index in [9.17, 15) is 14.4 Å². The number of carbonyl (C=O) groups is 3. The summed E-state index contributed by atoms with van der Waals surface area (Å²) in [6, 6.07) is 15.6. The fraction of sp³-hybridized carbons (Fsp3) is 0. The van der Waals surface area contributed by atoms with Gasteiger partial charge in [0, 0.05) is 25.7 Å². The van der Waals surface area contributed by atoms with Crippen LogP contribution in [0.4, 0.5) is 0 Å². The molecule has 0 aliphatic rings. The summed E-state index contributed by atoms with van der Waals surface area (Å²) in [6.45, 7) is 9.88. The molecular weight excluding hydrogens is 412 g/mol. The van der Waals surface area contributed by atoms with E-state index < -0.39 is 5.97 Å². The fourth-order valence-corrected chi connectivity index (χ4v) is 3.60. The molecule has 0 radical (unpaired) electrons. The van der Waals surface area contributed by atoms with E-state index in [2.05, 4.69) is 19.7 Å². The van der Waals surface area contributed by atoms with E-state index in [1.165, 1.54) is 12.2 Å². The lowest BCUT2D eigenvalue weighted by atomic mass is 10.4. The summed E-state index contributed by atoms with van der Waals surface area (Å²) >= 11 is 3.94. The Morgan fingerprint density at radius 3 is 1.18 bits per heavy atom. The molecule has 0 aliphatic heterocycles. The molecule has 2 rings (SSSR count). The first-order chi connectivity index (χ1) is 13.4. The number of aliphatic carboxylic acids is 1. The first-order valence-electron chi connectivity index (χ1n) is 7.79. The van der Waals surface area contributed by atoms with Crippen molar-refractivity contribution in [3.8, 4) is 0 Å². The van der Waals surface area contributed by atoms with E-state index in [0.29, 0.717) is 0 Å². The van der Waals surface area contributed by atoms with Crippen LogP contribution in [0, 0.1) is 0 Å². The van der Waals surface area contributed by atoms with Gasteiger partial charge in [-0.1, -0.05) is 31.5 Å². The van der Waals surface area contributed by atoms with Gasteiger partial charge in [0.15, 0.2) is 0 Å². The molecule has 144 valence electrons. The van der Waals surface area contributed by atoms with Gasteiger partial charge in [0.05, 0.1) is 0 Å². The fourth-order valence-electron chi connectivity index (χ4n) is 1.60. The van der Waals surface area contributed by atoms with E-state index in [4.69, 9.17) is 5.11 Å². The van der Waals surface area contributed by atoms with Crippen LogP contribution in [-0.2, 0) is 14.4 Å². The van der Waals surface area contributed by atoms with Crippen molar-refractivity contribution in [2.75, 3.05) is 0 Å². The number of carbonyl (C=O) groups excluding carboxylic acids is 2. The Hall–Kier alpha value is -2.48. The second-order valence-corrected chi connectivity index (χ2v) is 8.14. The van der Waals surface area contributed by atoms with Crippen LogP contribution in [0.1, 0.15) is 0 Å². The molecule has 0 amide bonds. The van der Waals surface area contributed by atoms with Crippen molar-refractivity contribution >= 4 is 51.5 Å². The zero-order valence-electron chi connectivity index (χ0n) is 14.9. The van der Waals surface area contributed by atoms with Crippen LogP contribution in [0.25, 0.3) is 0 Å². The van der Waals surface area contributed by atoms with Crippen LogP contribution in [0.5, 0.6) is 0 Å². The van der Waals surface area contributed by atoms with E-state index in [-0.39, 0.29) is 10.2 Å². The quantitative estimate of drug-likeness (QED) is 0.446. The van der Waals surface area contributed by atoms with Gasteiger partial charge < -0.3 is 5.11 Å². The van der Waals surface area contributed by atoms with Gasteiger partial charge in [0.25, 0.3) is 0 Å². The number of hydrogen-bond acceptors (Lipinski definition) is 6. The second-order valence-electron chi connectivity index (χ2n) is 4.84. The Kier molecular flexibility index (Phi) is 10.8. The zero-order valence-corrected chi connectivity index (χ0v) is 17.3. The molecule has 0 heterocycles. The molecule has 28 heavy (non-hydrogen) atoms. The van der Waals surface area contributed by atoms with Crippen LogP contribution >= 0.6 is 35.3 Å². The number of carboxylic acid groups (broad SMARTS) is 1. The third-order valence-corrected chi connectivity index (χ3v) is 5.60. The summed E-state index contributed by atoms with van der Waals surface area (Å²) in [5.74, 6) is -0.981. The van der Waals surface area contributed by atoms with Crippen molar-refractivity contribution in [2.24, 2.45) is 0 Å². The maximum absolute atomic E-state index is 11.3. The molecule has 0 aromatic heterocycles. The number of thioether (sulfide) groups is 2. The summed E-state index contributed by atoms with van der Waals surface area (Å²) in [5.41, 5.74) is 0. The second kappa shape index (κ2) is 12.8. The smallest absolute Gasteiger partial charge is 0.327 e. The first kappa shape index (κ1) is 23.6. The molecule has 0 atom stereocenters. The first-order valence-corrected chi connectivity index (χ1v) is 10.2. The average molecular weight is 431 g/mol. The number of hydrogen-bond donors (Lipinski definition) is 1. The molecule has 2 aromatic carbocycles. The van der Waals surface area contributed by atoms with E-state index in [0.717, 1.165) is 49.2 Å². The van der Waals surface area contributed by atoms with E-state index in [1.54, 1.807) is 11.8 Å². The average Bonchev–Trinajstić information content (AvgIpc) is 2.71. The number of carboxylic acids is 1. The van der Waals surface area contributed by atoms with E-state index in [1.807, 2.05) is 48.5 Å². The minimum Gasteiger partial charge on any atom is -0.478 e. The van der Waals surface area contributed by atoms with Crippen LogP contribution in [-0.4, -0.2) is 21.3 Å². The Labute approximate surface area is 176 Å². The lowest BCUT2D eigenvalue weighted by Crippen LogP contribution is -1.84. The molecule has 7 heteroatoms. The molecule has 0 saturated carbocycles. The summed E-state index contributed by atoms with van der Waals surface area (Å²) < 4.78 is 0. The molecule has 0 aliphatic carbocycles. The number of rotatable bonds is 7. The standard InChI is InChI=1S/C18H14O2S3.C3H4O2/c1-3-17(19)22-15-9-5-13(6-10-15)21-14-7-11-16(12-8-14)23-18(20)4-2;1-2-3(4)5/h3-12H,1-2H2;2H,1H2,(H,4,5). The minimum atomic E-state index is -0.981. The monoisotopic (exact) mass is 430 g/mol. The molecule has 4 nitrogen and oxygen atoms in total. The van der Waals surface area contributed by atoms with Crippen molar-refractivity contribution in [2.45, 2.75) is 19.6 Å². The maximum Gasteiger partial charge on any atom is 0.327 e. The molecule has 0 spiro atoms. The Morgan fingerprint density at radius 2 is 0.929 bits per heavy atom. The molecule has 0 unspecified atom stereocenters.